The van der Waals surface area contributed by atoms with Crippen molar-refractivity contribution in [3.05, 3.63) is 65.9 Å². The fourth-order valence-corrected chi connectivity index (χ4v) is 4.27. The molecule has 0 aliphatic heterocycles. The summed E-state index contributed by atoms with van der Waals surface area (Å²) in [6.07, 6.45) is 3.63. The van der Waals surface area contributed by atoms with Crippen molar-refractivity contribution in [3.8, 4) is 23.1 Å². The Kier molecular flexibility index (Phi) is 10.2. The second kappa shape index (κ2) is 13.3. The van der Waals surface area contributed by atoms with Gasteiger partial charge in [0.05, 0.1) is 30.2 Å². The smallest absolute Gasteiger partial charge is 0.227 e. The molecule has 0 unspecified atom stereocenters. The molecule has 6 nitrogen and oxygen atoms in total. The first-order valence-electron chi connectivity index (χ1n) is 12.9. The Hall–Kier alpha value is -2.83. The predicted octanol–water partition coefficient (Wildman–Crippen LogP) is 6.56. The molecule has 0 amide bonds. The quantitative estimate of drug-likeness (QED) is 0.284. The van der Waals surface area contributed by atoms with Crippen molar-refractivity contribution in [2.45, 2.75) is 71.9 Å². The minimum absolute atomic E-state index is 0.219. The van der Waals surface area contributed by atoms with E-state index in [1.54, 1.807) is 7.11 Å². The van der Waals surface area contributed by atoms with Gasteiger partial charge in [0, 0.05) is 13.1 Å². The molecule has 1 heterocycles. The molecular weight excluding hydrogens is 438 g/mol. The molecule has 0 aliphatic rings. The van der Waals surface area contributed by atoms with E-state index in [0.717, 1.165) is 60.7 Å². The van der Waals surface area contributed by atoms with E-state index in [0.29, 0.717) is 19.0 Å². The van der Waals surface area contributed by atoms with Crippen LogP contribution in [0.1, 0.15) is 70.6 Å². The van der Waals surface area contributed by atoms with Crippen LogP contribution < -0.4 is 9.47 Å². The highest BCUT2D eigenvalue weighted by atomic mass is 16.5. The fourth-order valence-electron chi connectivity index (χ4n) is 4.27. The van der Waals surface area contributed by atoms with Gasteiger partial charge in [0.15, 0.2) is 0 Å². The first-order chi connectivity index (χ1) is 17.0. The van der Waals surface area contributed by atoms with Crippen LogP contribution in [0.15, 0.2) is 54.6 Å². The molecule has 0 saturated carbocycles. The van der Waals surface area contributed by atoms with Gasteiger partial charge in [-0.2, -0.15) is 5.10 Å². The lowest BCUT2D eigenvalue weighted by Gasteiger charge is -2.25. The third-order valence-corrected chi connectivity index (χ3v) is 6.07. The van der Waals surface area contributed by atoms with Gasteiger partial charge in [0.25, 0.3) is 0 Å². The minimum Gasteiger partial charge on any atom is -0.497 e. The van der Waals surface area contributed by atoms with Gasteiger partial charge in [-0.25, -0.2) is 4.68 Å². The van der Waals surface area contributed by atoms with Crippen LogP contribution in [0, 0.1) is 0 Å². The molecule has 3 rings (SSSR count). The van der Waals surface area contributed by atoms with Crippen LogP contribution in [-0.4, -0.2) is 46.1 Å². The number of hydrogen-bond acceptors (Lipinski definition) is 5. The standard InChI is InChI=1S/C29H41N3O3/c1-6-8-12-24(33)20-31(19-7-2)21-27-28(22(3)4)30-32(23-15-17-25(34-5)18-16-23)29(27)35-26-13-10-9-11-14-26/h9-11,13-18,22,24,33H,6-8,12,19-21H2,1-5H3/t24-/m1/s1. The molecule has 1 aromatic heterocycles. The Labute approximate surface area is 210 Å². The average Bonchev–Trinajstić information content (AvgIpc) is 3.21. The Morgan fingerprint density at radius 2 is 1.69 bits per heavy atom. The molecular formula is C29H41N3O3. The third kappa shape index (κ3) is 7.33. The molecule has 0 saturated heterocycles. The zero-order chi connectivity index (χ0) is 25.2. The first kappa shape index (κ1) is 26.8. The summed E-state index contributed by atoms with van der Waals surface area (Å²) >= 11 is 0. The summed E-state index contributed by atoms with van der Waals surface area (Å²) in [5.74, 6) is 2.50. The van der Waals surface area contributed by atoms with E-state index in [1.807, 2.05) is 59.3 Å². The van der Waals surface area contributed by atoms with E-state index < -0.39 is 0 Å². The van der Waals surface area contributed by atoms with Crippen molar-refractivity contribution in [1.29, 1.82) is 0 Å². The maximum Gasteiger partial charge on any atom is 0.227 e. The van der Waals surface area contributed by atoms with Crippen LogP contribution in [-0.2, 0) is 6.54 Å². The summed E-state index contributed by atoms with van der Waals surface area (Å²) in [5.41, 5.74) is 2.99. The van der Waals surface area contributed by atoms with Crippen molar-refractivity contribution in [2.75, 3.05) is 20.2 Å². The van der Waals surface area contributed by atoms with Gasteiger partial charge in [0.2, 0.25) is 5.88 Å². The molecule has 1 atom stereocenters. The molecule has 0 fully saturated rings. The molecule has 0 aliphatic carbocycles. The normalized spacial score (nSPS) is 12.3. The number of methoxy groups -OCH3 is 1. The third-order valence-electron chi connectivity index (χ3n) is 6.07. The number of nitrogens with zero attached hydrogens (tertiary/aromatic N) is 3. The molecule has 6 heteroatoms. The highest BCUT2D eigenvalue weighted by Crippen LogP contribution is 2.35. The van der Waals surface area contributed by atoms with E-state index in [-0.39, 0.29) is 12.0 Å². The second-order valence-electron chi connectivity index (χ2n) is 9.38. The Bertz CT molecular complexity index is 1020. The van der Waals surface area contributed by atoms with Crippen molar-refractivity contribution >= 4 is 0 Å². The van der Waals surface area contributed by atoms with E-state index in [1.165, 1.54) is 0 Å². The highest BCUT2D eigenvalue weighted by molar-refractivity contribution is 5.46. The van der Waals surface area contributed by atoms with Crippen LogP contribution in [0.2, 0.25) is 0 Å². The van der Waals surface area contributed by atoms with Gasteiger partial charge in [-0.15, -0.1) is 0 Å². The SMILES string of the molecule is CCCC[C@@H](O)CN(CCC)Cc1c(C(C)C)nn(-c2ccc(OC)cc2)c1Oc1ccccc1. The van der Waals surface area contributed by atoms with Gasteiger partial charge >= 0.3 is 0 Å². The molecule has 0 radical (unpaired) electrons. The number of hydrogen-bond donors (Lipinski definition) is 1. The molecule has 0 bridgehead atoms. The Morgan fingerprint density at radius 1 is 0.971 bits per heavy atom. The van der Waals surface area contributed by atoms with Crippen molar-refractivity contribution in [2.24, 2.45) is 0 Å². The van der Waals surface area contributed by atoms with Crippen molar-refractivity contribution < 1.29 is 14.6 Å². The second-order valence-corrected chi connectivity index (χ2v) is 9.38. The number of ether oxygens (including phenoxy) is 2. The lowest BCUT2D eigenvalue weighted by atomic mass is 10.0. The van der Waals surface area contributed by atoms with Crippen LogP contribution in [0.4, 0.5) is 0 Å². The maximum atomic E-state index is 10.7. The highest BCUT2D eigenvalue weighted by Gasteiger charge is 2.25. The number of aliphatic hydroxyl groups excluding tert-OH is 1. The van der Waals surface area contributed by atoms with Crippen LogP contribution in [0.3, 0.4) is 0 Å². The van der Waals surface area contributed by atoms with Gasteiger partial charge in [0.1, 0.15) is 11.5 Å². The van der Waals surface area contributed by atoms with E-state index in [9.17, 15) is 5.11 Å². The number of para-hydroxylation sites is 1. The number of aliphatic hydroxyl groups is 1. The lowest BCUT2D eigenvalue weighted by Crippen LogP contribution is -2.33. The van der Waals surface area contributed by atoms with Crippen molar-refractivity contribution in [1.82, 2.24) is 14.7 Å². The predicted molar refractivity (Wildman–Crippen MR) is 142 cm³/mol. The average molecular weight is 480 g/mol. The van der Waals surface area contributed by atoms with Crippen LogP contribution in [0.5, 0.6) is 17.4 Å². The summed E-state index contributed by atoms with van der Waals surface area (Å²) in [6, 6.07) is 17.7. The topological polar surface area (TPSA) is 59.8 Å². The van der Waals surface area contributed by atoms with Gasteiger partial charge < -0.3 is 14.6 Å². The first-order valence-corrected chi connectivity index (χ1v) is 12.9. The van der Waals surface area contributed by atoms with Crippen LogP contribution in [0.25, 0.3) is 5.69 Å². The number of rotatable bonds is 14. The number of unbranched alkanes of at least 4 members (excludes halogenated alkanes) is 1. The molecule has 190 valence electrons. The van der Waals surface area contributed by atoms with Gasteiger partial charge in [-0.3, -0.25) is 4.90 Å². The summed E-state index contributed by atoms with van der Waals surface area (Å²) in [6.45, 7) is 10.9. The molecule has 2 aromatic carbocycles. The summed E-state index contributed by atoms with van der Waals surface area (Å²) in [7, 11) is 1.67. The summed E-state index contributed by atoms with van der Waals surface area (Å²) < 4.78 is 13.8. The molecule has 0 spiro atoms. The Morgan fingerprint density at radius 3 is 2.29 bits per heavy atom. The largest absolute Gasteiger partial charge is 0.497 e. The van der Waals surface area contributed by atoms with E-state index in [2.05, 4.69) is 32.6 Å². The molecule has 35 heavy (non-hydrogen) atoms. The van der Waals surface area contributed by atoms with Crippen LogP contribution >= 0.6 is 0 Å². The summed E-state index contributed by atoms with van der Waals surface area (Å²) in [4.78, 5) is 2.33. The van der Waals surface area contributed by atoms with E-state index >= 15 is 0 Å². The van der Waals surface area contributed by atoms with Gasteiger partial charge in [-0.1, -0.05) is 58.7 Å². The number of aromatic nitrogens is 2. The van der Waals surface area contributed by atoms with Gasteiger partial charge in [-0.05, 0) is 61.7 Å². The Balaban J connectivity index is 2.04. The maximum absolute atomic E-state index is 10.7. The number of benzene rings is 2. The zero-order valence-electron chi connectivity index (χ0n) is 21.9. The summed E-state index contributed by atoms with van der Waals surface area (Å²) in [5, 5.41) is 15.7. The van der Waals surface area contributed by atoms with Crippen molar-refractivity contribution in [3.63, 3.8) is 0 Å². The molecule has 3 aromatic rings. The van der Waals surface area contributed by atoms with E-state index in [4.69, 9.17) is 14.6 Å². The lowest BCUT2D eigenvalue weighted by molar-refractivity contribution is 0.0990. The molecule has 1 N–H and O–H groups in total. The monoisotopic (exact) mass is 479 g/mol. The fraction of sp³-hybridized carbons (Fsp3) is 0.483. The minimum atomic E-state index is -0.334. The zero-order valence-corrected chi connectivity index (χ0v) is 21.9.